The summed E-state index contributed by atoms with van der Waals surface area (Å²) < 4.78 is 22.8. The first kappa shape index (κ1) is 46.9. The highest BCUT2D eigenvalue weighted by Crippen LogP contribution is 2.69. The second-order valence-electron chi connectivity index (χ2n) is 20.3. The molecule has 0 heterocycles. The van der Waals surface area contributed by atoms with Crippen LogP contribution >= 0.6 is 0 Å². The summed E-state index contributed by atoms with van der Waals surface area (Å²) in [7, 11) is -5.61. The molecule has 4 aliphatic rings. The van der Waals surface area contributed by atoms with Gasteiger partial charge in [0.15, 0.2) is 25.0 Å². The van der Waals surface area contributed by atoms with Gasteiger partial charge in [-0.2, -0.15) is 0 Å². The predicted molar refractivity (Wildman–Crippen MR) is 241 cm³/mol. The Kier molecular flexibility index (Phi) is 16.6. The van der Waals surface area contributed by atoms with Crippen LogP contribution in [0, 0.1) is 58.2 Å². The Morgan fingerprint density at radius 3 is 1.63 bits per heavy atom. The van der Waals surface area contributed by atoms with Crippen LogP contribution in [0.25, 0.3) is 0 Å². The van der Waals surface area contributed by atoms with Gasteiger partial charge in [0.1, 0.15) is 0 Å². The third-order valence-electron chi connectivity index (χ3n) is 18.3. The highest BCUT2D eigenvalue weighted by molar-refractivity contribution is 6.74. The molecule has 0 bridgehead atoms. The lowest BCUT2D eigenvalue weighted by molar-refractivity contribution is -0.162. The van der Waals surface area contributed by atoms with Gasteiger partial charge in [0, 0.05) is 0 Å². The van der Waals surface area contributed by atoms with Gasteiger partial charge in [-0.1, -0.05) is 116 Å². The smallest absolute Gasteiger partial charge is 0.192 e. The highest BCUT2D eigenvalue weighted by Gasteiger charge is 2.68. The molecule has 0 radical (unpaired) electrons. The number of hydrogen-bond donors (Lipinski definition) is 1. The maximum absolute atomic E-state index is 12.8. The molecule has 4 rings (SSSR count). The van der Waals surface area contributed by atoms with Crippen molar-refractivity contribution in [3.05, 3.63) is 12.2 Å². The van der Waals surface area contributed by atoms with E-state index < -0.39 is 31.1 Å². The van der Waals surface area contributed by atoms with Crippen LogP contribution in [-0.2, 0) is 13.3 Å². The molecule has 0 aromatic heterocycles. The Labute approximate surface area is 339 Å². The van der Waals surface area contributed by atoms with Crippen molar-refractivity contribution >= 4 is 25.0 Å². The van der Waals surface area contributed by atoms with E-state index in [9.17, 15) is 5.11 Å². The maximum Gasteiger partial charge on any atom is 0.192 e. The van der Waals surface area contributed by atoms with E-state index >= 15 is 0 Å². The van der Waals surface area contributed by atoms with Crippen LogP contribution in [0.2, 0.25) is 54.4 Å². The zero-order valence-corrected chi connectivity index (χ0v) is 41.6. The molecule has 0 aliphatic heterocycles. The molecule has 4 nitrogen and oxygen atoms in total. The molecule has 54 heavy (non-hydrogen) atoms. The quantitative estimate of drug-likeness (QED) is 0.0984. The number of hydrogen-bond acceptors (Lipinski definition) is 4. The first-order valence-corrected chi connectivity index (χ1v) is 31.5. The molecule has 4 saturated carbocycles. The Morgan fingerprint density at radius 1 is 0.648 bits per heavy atom. The second-order valence-corrected chi connectivity index (χ2v) is 34.4. The van der Waals surface area contributed by atoms with Crippen molar-refractivity contribution in [2.24, 2.45) is 58.2 Å². The molecular formula is C47H92O4Si3. The zero-order valence-electron chi connectivity index (χ0n) is 38.6. The van der Waals surface area contributed by atoms with Crippen molar-refractivity contribution in [2.75, 3.05) is 0 Å². The van der Waals surface area contributed by atoms with Gasteiger partial charge in [0.05, 0.1) is 24.4 Å². The second kappa shape index (κ2) is 19.1. The van der Waals surface area contributed by atoms with Crippen LogP contribution in [0.1, 0.15) is 149 Å². The lowest BCUT2D eigenvalue weighted by Crippen LogP contribution is -2.61. The van der Waals surface area contributed by atoms with Crippen molar-refractivity contribution in [1.82, 2.24) is 0 Å². The molecule has 316 valence electrons. The van der Waals surface area contributed by atoms with E-state index in [4.69, 9.17) is 13.3 Å². The van der Waals surface area contributed by atoms with Crippen molar-refractivity contribution in [2.45, 2.75) is 228 Å². The average Bonchev–Trinajstić information content (AvgIpc) is 3.40. The molecule has 4 aliphatic carbocycles. The van der Waals surface area contributed by atoms with E-state index in [1.165, 1.54) is 74.8 Å². The van der Waals surface area contributed by atoms with E-state index in [0.717, 1.165) is 24.6 Å². The van der Waals surface area contributed by atoms with E-state index in [2.05, 4.69) is 116 Å². The third-order valence-corrected chi connectivity index (χ3v) is 32.3. The Morgan fingerprint density at radius 2 is 1.15 bits per heavy atom. The minimum atomic E-state index is -1.96. The summed E-state index contributed by atoms with van der Waals surface area (Å²) >= 11 is 0. The molecule has 0 spiro atoms. The number of rotatable bonds is 20. The fourth-order valence-electron chi connectivity index (χ4n) is 13.8. The molecule has 0 amide bonds. The minimum absolute atomic E-state index is 0.0419. The lowest BCUT2D eigenvalue weighted by Gasteiger charge is -2.63. The molecule has 0 aromatic rings. The van der Waals surface area contributed by atoms with Crippen LogP contribution in [0.15, 0.2) is 12.2 Å². The first-order chi connectivity index (χ1) is 25.6. The Bertz CT molecular complexity index is 1160. The summed E-state index contributed by atoms with van der Waals surface area (Å²) in [6, 6.07) is 10.7. The van der Waals surface area contributed by atoms with Crippen LogP contribution in [-0.4, -0.2) is 54.5 Å². The summed E-state index contributed by atoms with van der Waals surface area (Å²) in [6.07, 6.45) is 13.6. The molecular weight excluding hydrogens is 713 g/mol. The van der Waals surface area contributed by atoms with Crippen LogP contribution in [0.4, 0.5) is 0 Å². The summed E-state index contributed by atoms with van der Waals surface area (Å²) in [5, 5.41) is 12.8. The fourth-order valence-corrected chi connectivity index (χ4v) is 22.5. The molecule has 13 atom stereocenters. The SMILES string of the molecule is CC[C@@H](/C=C/[C@@H](C)[C@H]1[C@@H](O)[C@H](O[Si](CC)(CC)CC)[C@H]2[C@@H]3CC[C@H]4C[C@H](O[Si](CC)(CC)CC)[C@@H](O[Si](CC)(CC)CC)C[C@]4(C)[C@H]3CC[C@@]21C)C(C)C. The third kappa shape index (κ3) is 8.74. The lowest BCUT2D eigenvalue weighted by atomic mass is 9.44. The minimum Gasteiger partial charge on any atom is -0.411 e. The van der Waals surface area contributed by atoms with Crippen LogP contribution in [0.5, 0.6) is 0 Å². The fraction of sp³-hybridized carbons (Fsp3) is 0.957. The highest BCUT2D eigenvalue weighted by atomic mass is 28.4. The number of fused-ring (bicyclic) bond motifs is 5. The summed E-state index contributed by atoms with van der Waals surface area (Å²) in [4.78, 5) is 0. The summed E-state index contributed by atoms with van der Waals surface area (Å²) in [5.41, 5.74) is 0.311. The molecule has 0 aromatic carbocycles. The summed E-state index contributed by atoms with van der Waals surface area (Å²) in [6.45, 7) is 36.3. The normalized spacial score (nSPS) is 37.3. The molecule has 1 N–H and O–H groups in total. The van der Waals surface area contributed by atoms with Crippen molar-refractivity contribution in [3.63, 3.8) is 0 Å². The van der Waals surface area contributed by atoms with Crippen LogP contribution < -0.4 is 0 Å². The van der Waals surface area contributed by atoms with Crippen molar-refractivity contribution < 1.29 is 18.4 Å². The van der Waals surface area contributed by atoms with Gasteiger partial charge >= 0.3 is 0 Å². The first-order valence-electron chi connectivity index (χ1n) is 23.9. The van der Waals surface area contributed by atoms with Gasteiger partial charge in [0.2, 0.25) is 0 Å². The molecule has 0 saturated heterocycles. The largest absolute Gasteiger partial charge is 0.411 e. The topological polar surface area (TPSA) is 47.9 Å². The Balaban J connectivity index is 1.77. The standard InChI is InChI=1S/C47H92O4Si3/c1-16-36(34(11)12)27-26-35(13)42-44(48)45(51-54(23-8,24-9)25-10)43-38-29-28-37-32-40(49-52(17-2,18-3)19-4)41(50-53(20-5,21-6)22-7)33-47(37,15)39(38)30-31-46(42,43)14/h26-27,34-45,48H,16-25,28-33H2,1-15H3/b27-26+/t35-,36+,37+,38-,39+,40+,41+,42+,43-,44-,45-,46-,47+/m1/s1. The van der Waals surface area contributed by atoms with Crippen LogP contribution in [0.3, 0.4) is 0 Å². The monoisotopic (exact) mass is 805 g/mol. The van der Waals surface area contributed by atoms with Gasteiger partial charge in [-0.25, -0.2) is 0 Å². The Hall–Kier alpha value is 0.231. The van der Waals surface area contributed by atoms with Gasteiger partial charge in [-0.05, 0) is 158 Å². The van der Waals surface area contributed by atoms with Gasteiger partial charge < -0.3 is 18.4 Å². The molecule has 7 heteroatoms. The molecule has 0 unspecified atom stereocenters. The van der Waals surface area contributed by atoms with E-state index in [1.807, 2.05) is 0 Å². The predicted octanol–water partition coefficient (Wildman–Crippen LogP) is 13.9. The van der Waals surface area contributed by atoms with E-state index in [-0.39, 0.29) is 35.1 Å². The van der Waals surface area contributed by atoms with Gasteiger partial charge in [-0.3, -0.25) is 0 Å². The van der Waals surface area contributed by atoms with E-state index in [1.54, 1.807) is 0 Å². The average molecular weight is 806 g/mol. The number of allylic oxidation sites excluding steroid dienone is 2. The maximum atomic E-state index is 12.8. The van der Waals surface area contributed by atoms with Crippen molar-refractivity contribution in [3.8, 4) is 0 Å². The van der Waals surface area contributed by atoms with Gasteiger partial charge in [-0.15, -0.1) is 0 Å². The van der Waals surface area contributed by atoms with E-state index in [0.29, 0.717) is 41.4 Å². The summed E-state index contributed by atoms with van der Waals surface area (Å²) in [5.74, 6) is 4.15. The van der Waals surface area contributed by atoms with Crippen molar-refractivity contribution in [1.29, 1.82) is 0 Å². The number of aliphatic hydroxyl groups is 1. The number of aliphatic hydroxyl groups excluding tert-OH is 1. The molecule has 4 fully saturated rings. The van der Waals surface area contributed by atoms with Gasteiger partial charge in [0.25, 0.3) is 0 Å². The zero-order chi connectivity index (χ0) is 40.3.